The van der Waals surface area contributed by atoms with Gasteiger partial charge in [-0.05, 0) is 46.7 Å². The largest absolute Gasteiger partial charge is 0.351 e. The predicted octanol–water partition coefficient (Wildman–Crippen LogP) is 3.82. The van der Waals surface area contributed by atoms with Crippen molar-refractivity contribution in [3.05, 3.63) is 20.8 Å². The fourth-order valence-corrected chi connectivity index (χ4v) is 3.16. The highest BCUT2D eigenvalue weighted by Crippen LogP contribution is 2.48. The van der Waals surface area contributed by atoms with Gasteiger partial charge in [0, 0.05) is 11.9 Å². The van der Waals surface area contributed by atoms with E-state index in [1.807, 2.05) is 11.4 Å². The molecule has 0 aliphatic heterocycles. The number of hydrogen-bond donors (Lipinski definition) is 1. The minimum atomic E-state index is 0.0596. The van der Waals surface area contributed by atoms with Crippen LogP contribution in [0, 0.1) is 5.41 Å². The molecule has 4 heteroatoms. The van der Waals surface area contributed by atoms with E-state index in [-0.39, 0.29) is 5.91 Å². The van der Waals surface area contributed by atoms with Crippen LogP contribution in [0.2, 0.25) is 0 Å². The van der Waals surface area contributed by atoms with Crippen LogP contribution in [0.15, 0.2) is 15.2 Å². The quantitative estimate of drug-likeness (QED) is 0.880. The number of carbonyl (C=O) groups excluding carboxylic acids is 1. The van der Waals surface area contributed by atoms with Crippen LogP contribution in [-0.4, -0.2) is 12.5 Å². The minimum Gasteiger partial charge on any atom is -0.351 e. The molecule has 1 N–H and O–H groups in total. The van der Waals surface area contributed by atoms with Crippen LogP contribution in [0.1, 0.15) is 43.0 Å². The minimum absolute atomic E-state index is 0.0596. The lowest BCUT2D eigenvalue weighted by Crippen LogP contribution is -2.29. The van der Waals surface area contributed by atoms with E-state index in [2.05, 4.69) is 28.2 Å². The van der Waals surface area contributed by atoms with Crippen molar-refractivity contribution in [3.8, 4) is 0 Å². The molecule has 1 aliphatic rings. The van der Waals surface area contributed by atoms with E-state index in [1.54, 1.807) is 11.3 Å². The van der Waals surface area contributed by atoms with Gasteiger partial charge in [-0.1, -0.05) is 13.3 Å². The first kappa shape index (κ1) is 12.1. The summed E-state index contributed by atoms with van der Waals surface area (Å²) in [5.41, 5.74) is 1.20. The summed E-state index contributed by atoms with van der Waals surface area (Å²) in [5.74, 6) is 0.0596. The summed E-state index contributed by atoms with van der Waals surface area (Å²) in [4.78, 5) is 11.8. The Morgan fingerprint density at radius 1 is 1.62 bits per heavy atom. The molecule has 1 heterocycles. The molecule has 2 nitrogen and oxygen atoms in total. The number of rotatable bonds is 5. The van der Waals surface area contributed by atoms with E-state index in [0.717, 1.165) is 15.9 Å². The highest BCUT2D eigenvalue weighted by Gasteiger charge is 2.41. The van der Waals surface area contributed by atoms with Gasteiger partial charge in [-0.3, -0.25) is 4.79 Å². The molecule has 0 aromatic carbocycles. The maximum Gasteiger partial charge on any atom is 0.252 e. The van der Waals surface area contributed by atoms with E-state index in [4.69, 9.17) is 0 Å². The molecule has 0 unspecified atom stereocenters. The summed E-state index contributed by atoms with van der Waals surface area (Å²) < 4.78 is 1.01. The smallest absolute Gasteiger partial charge is 0.252 e. The number of halogens is 1. The van der Waals surface area contributed by atoms with Gasteiger partial charge in [0.05, 0.1) is 9.35 Å². The molecule has 1 aromatic rings. The number of carbonyl (C=O) groups is 1. The summed E-state index contributed by atoms with van der Waals surface area (Å²) in [6.45, 7) is 3.05. The van der Waals surface area contributed by atoms with Gasteiger partial charge in [-0.2, -0.15) is 0 Å². The topological polar surface area (TPSA) is 29.1 Å². The van der Waals surface area contributed by atoms with Crippen LogP contribution in [0.4, 0.5) is 0 Å². The average Bonchev–Trinajstić information content (AvgIpc) is 2.89. The summed E-state index contributed by atoms with van der Waals surface area (Å²) >= 11 is 4.91. The maximum atomic E-state index is 11.8. The van der Waals surface area contributed by atoms with Crippen LogP contribution in [0.3, 0.4) is 0 Å². The predicted molar refractivity (Wildman–Crippen MR) is 70.9 cm³/mol. The summed E-state index contributed by atoms with van der Waals surface area (Å²) in [7, 11) is 0. The maximum absolute atomic E-state index is 11.8. The Bertz CT molecular complexity index is 384. The highest BCUT2D eigenvalue weighted by molar-refractivity contribution is 9.11. The van der Waals surface area contributed by atoms with Crippen molar-refractivity contribution in [1.29, 1.82) is 0 Å². The molecule has 0 bridgehead atoms. The third-order valence-corrected chi connectivity index (χ3v) is 4.70. The van der Waals surface area contributed by atoms with E-state index < -0.39 is 0 Å². The third-order valence-electron chi connectivity index (χ3n) is 3.19. The van der Waals surface area contributed by atoms with Crippen molar-refractivity contribution in [1.82, 2.24) is 5.32 Å². The van der Waals surface area contributed by atoms with Crippen LogP contribution >= 0.6 is 27.3 Å². The summed E-state index contributed by atoms with van der Waals surface area (Å²) in [5, 5.41) is 4.93. The van der Waals surface area contributed by atoms with Crippen molar-refractivity contribution in [2.24, 2.45) is 5.41 Å². The number of nitrogens with one attached hydrogen (secondary N) is 1. The molecule has 2 rings (SSSR count). The lowest BCUT2D eigenvalue weighted by molar-refractivity contribution is 0.0944. The molecular formula is C12H16BrNOS. The monoisotopic (exact) mass is 301 g/mol. The molecule has 1 aliphatic carbocycles. The van der Waals surface area contributed by atoms with E-state index in [0.29, 0.717) is 5.41 Å². The van der Waals surface area contributed by atoms with E-state index in [1.165, 1.54) is 25.7 Å². The highest BCUT2D eigenvalue weighted by atomic mass is 79.9. The van der Waals surface area contributed by atoms with Crippen molar-refractivity contribution in [2.75, 3.05) is 6.54 Å². The van der Waals surface area contributed by atoms with Gasteiger partial charge in [0.2, 0.25) is 0 Å². The fourth-order valence-electron chi connectivity index (χ4n) is 2.02. The second kappa shape index (κ2) is 4.88. The van der Waals surface area contributed by atoms with Gasteiger partial charge >= 0.3 is 0 Å². The number of thiophene rings is 1. The van der Waals surface area contributed by atoms with Crippen molar-refractivity contribution in [2.45, 2.75) is 32.6 Å². The molecule has 0 atom stereocenters. The summed E-state index contributed by atoms with van der Waals surface area (Å²) in [6, 6.07) is 1.87. The number of hydrogen-bond acceptors (Lipinski definition) is 2. The molecule has 1 aromatic heterocycles. The Labute approximate surface area is 109 Å². The SMILES string of the molecule is CCCC1(CNC(=O)c2csc(Br)c2)CC1. The molecule has 0 spiro atoms. The normalized spacial score (nSPS) is 17.1. The Hall–Kier alpha value is -0.350. The molecule has 0 saturated heterocycles. The third kappa shape index (κ3) is 2.86. The lowest BCUT2D eigenvalue weighted by Gasteiger charge is -2.14. The molecule has 16 heavy (non-hydrogen) atoms. The molecule has 1 saturated carbocycles. The Balaban J connectivity index is 1.84. The zero-order chi connectivity index (χ0) is 11.6. The van der Waals surface area contributed by atoms with E-state index in [9.17, 15) is 4.79 Å². The second-order valence-electron chi connectivity index (χ2n) is 4.57. The van der Waals surface area contributed by atoms with Crippen LogP contribution in [-0.2, 0) is 0 Å². The summed E-state index contributed by atoms with van der Waals surface area (Å²) in [6.07, 6.45) is 4.99. The van der Waals surface area contributed by atoms with Crippen LogP contribution in [0.5, 0.6) is 0 Å². The zero-order valence-electron chi connectivity index (χ0n) is 9.38. The van der Waals surface area contributed by atoms with Gasteiger partial charge in [0.15, 0.2) is 0 Å². The van der Waals surface area contributed by atoms with Gasteiger partial charge in [-0.25, -0.2) is 0 Å². The first-order valence-electron chi connectivity index (χ1n) is 5.67. The standard InChI is InChI=1S/C12H16BrNOS/c1-2-3-12(4-5-12)8-14-11(15)9-6-10(13)16-7-9/h6-7H,2-5,8H2,1H3,(H,14,15). The first-order chi connectivity index (χ1) is 7.65. The second-order valence-corrected chi connectivity index (χ2v) is 6.86. The van der Waals surface area contributed by atoms with Crippen molar-refractivity contribution in [3.63, 3.8) is 0 Å². The molecule has 0 radical (unpaired) electrons. The molecular weight excluding hydrogens is 286 g/mol. The fraction of sp³-hybridized carbons (Fsp3) is 0.583. The van der Waals surface area contributed by atoms with Crippen molar-refractivity contribution >= 4 is 33.2 Å². The Morgan fingerprint density at radius 2 is 2.38 bits per heavy atom. The Morgan fingerprint density at radius 3 is 2.88 bits per heavy atom. The average molecular weight is 302 g/mol. The van der Waals surface area contributed by atoms with Crippen LogP contribution in [0.25, 0.3) is 0 Å². The molecule has 1 amide bonds. The zero-order valence-corrected chi connectivity index (χ0v) is 11.8. The van der Waals surface area contributed by atoms with Gasteiger partial charge < -0.3 is 5.32 Å². The van der Waals surface area contributed by atoms with Crippen molar-refractivity contribution < 1.29 is 4.79 Å². The first-order valence-corrected chi connectivity index (χ1v) is 7.35. The van der Waals surface area contributed by atoms with Gasteiger partial charge in [0.25, 0.3) is 5.91 Å². The Kier molecular flexibility index (Phi) is 3.70. The van der Waals surface area contributed by atoms with Gasteiger partial charge in [0.1, 0.15) is 0 Å². The van der Waals surface area contributed by atoms with Crippen LogP contribution < -0.4 is 5.32 Å². The molecule has 1 fully saturated rings. The van der Waals surface area contributed by atoms with E-state index >= 15 is 0 Å². The number of amides is 1. The lowest BCUT2D eigenvalue weighted by atomic mass is 10.0. The van der Waals surface area contributed by atoms with Gasteiger partial charge in [-0.15, -0.1) is 11.3 Å². The molecule has 88 valence electrons.